The highest BCUT2D eigenvalue weighted by atomic mass is 79.9. The van der Waals surface area contributed by atoms with Crippen molar-refractivity contribution in [2.75, 3.05) is 5.43 Å². The van der Waals surface area contributed by atoms with Gasteiger partial charge in [0.25, 0.3) is 5.95 Å². The molecule has 2 N–H and O–H groups in total. The molecule has 4 aromatic rings. The topological polar surface area (TPSA) is 78.8 Å². The first-order chi connectivity index (χ1) is 12.3. The highest BCUT2D eigenvalue weighted by molar-refractivity contribution is 9.12. The highest BCUT2D eigenvalue weighted by Crippen LogP contribution is 2.21. The molecule has 2 heterocycles. The molecule has 0 amide bonds. The zero-order valence-electron chi connectivity index (χ0n) is 13.0. The van der Waals surface area contributed by atoms with Crippen molar-refractivity contribution in [2.45, 2.75) is 0 Å². The molecule has 2 aromatic heterocycles. The van der Waals surface area contributed by atoms with Crippen LogP contribution in [0, 0.1) is 0 Å². The second-order valence-electron chi connectivity index (χ2n) is 5.31. The van der Waals surface area contributed by atoms with Gasteiger partial charge in [0.1, 0.15) is 5.52 Å². The Bertz CT molecular complexity index is 1080. The Morgan fingerprint density at radius 2 is 1.84 bits per heavy atom. The Morgan fingerprint density at radius 3 is 2.72 bits per heavy atom. The van der Waals surface area contributed by atoms with Crippen molar-refractivity contribution in [3.63, 3.8) is 0 Å². The van der Waals surface area contributed by atoms with Crippen LogP contribution >= 0.6 is 15.9 Å². The van der Waals surface area contributed by atoms with Crippen LogP contribution in [0.1, 0.15) is 5.56 Å². The molecule has 0 aliphatic carbocycles. The van der Waals surface area contributed by atoms with Gasteiger partial charge in [0, 0.05) is 15.4 Å². The average Bonchev–Trinajstić information content (AvgIpc) is 3.00. The zero-order chi connectivity index (χ0) is 17.1. The molecule has 0 aliphatic heterocycles. The number of H-pyrrole nitrogens is 1. The molecule has 2 aromatic carbocycles. The first-order valence-electron chi connectivity index (χ1n) is 7.62. The maximum absolute atomic E-state index is 4.40. The Labute approximate surface area is 151 Å². The second kappa shape index (κ2) is 6.82. The molecule has 0 fully saturated rings. The fourth-order valence-corrected chi connectivity index (χ4v) is 2.83. The summed E-state index contributed by atoms with van der Waals surface area (Å²) in [4.78, 5) is 7.63. The second-order valence-corrected chi connectivity index (χ2v) is 6.23. The molecular formula is C18H13BrN6. The quantitative estimate of drug-likeness (QED) is 0.399. The molecule has 6 nitrogen and oxygen atoms in total. The van der Waals surface area contributed by atoms with Crippen LogP contribution in [-0.2, 0) is 0 Å². The van der Waals surface area contributed by atoms with E-state index in [1.807, 2.05) is 60.7 Å². The number of hydrogen-bond donors (Lipinski definition) is 2. The van der Waals surface area contributed by atoms with E-state index in [4.69, 9.17) is 0 Å². The van der Waals surface area contributed by atoms with Gasteiger partial charge < -0.3 is 4.98 Å². The standard InChI is InChI=1S/C18H13BrN6/c19-13(10-12-6-2-1-3-7-12)11-20-24-18-22-17-16(23-25-18)14-8-4-5-9-15(14)21-17/h1-11H,(H2,21,22,24,25)/b13-10-,20-11+. The van der Waals surface area contributed by atoms with Gasteiger partial charge >= 0.3 is 0 Å². The number of fused-ring (bicyclic) bond motifs is 3. The van der Waals surface area contributed by atoms with Gasteiger partial charge in [-0.05, 0) is 33.6 Å². The third-order valence-corrected chi connectivity index (χ3v) is 4.01. The summed E-state index contributed by atoms with van der Waals surface area (Å²) < 4.78 is 0.825. The van der Waals surface area contributed by atoms with Gasteiger partial charge in [0.2, 0.25) is 0 Å². The first kappa shape index (κ1) is 15.5. The molecule has 0 saturated heterocycles. The van der Waals surface area contributed by atoms with Crippen LogP contribution in [0.3, 0.4) is 0 Å². The lowest BCUT2D eigenvalue weighted by Gasteiger charge is -1.97. The minimum absolute atomic E-state index is 0.329. The number of rotatable bonds is 4. The lowest BCUT2D eigenvalue weighted by molar-refractivity contribution is 1.01. The van der Waals surface area contributed by atoms with Gasteiger partial charge in [-0.15, -0.1) is 10.2 Å². The first-order valence-corrected chi connectivity index (χ1v) is 8.41. The van der Waals surface area contributed by atoms with E-state index >= 15 is 0 Å². The normalized spacial score (nSPS) is 12.3. The largest absolute Gasteiger partial charge is 0.338 e. The summed E-state index contributed by atoms with van der Waals surface area (Å²) in [6.45, 7) is 0. The van der Waals surface area contributed by atoms with Gasteiger partial charge in [0.05, 0.1) is 6.21 Å². The predicted molar refractivity (Wildman–Crippen MR) is 105 cm³/mol. The fraction of sp³-hybridized carbons (Fsp3) is 0. The summed E-state index contributed by atoms with van der Waals surface area (Å²) in [5.74, 6) is 0.329. The minimum Gasteiger partial charge on any atom is -0.338 e. The summed E-state index contributed by atoms with van der Waals surface area (Å²) in [6.07, 6.45) is 3.61. The molecule has 0 spiro atoms. The summed E-state index contributed by atoms with van der Waals surface area (Å²) >= 11 is 3.46. The molecular weight excluding hydrogens is 380 g/mol. The Morgan fingerprint density at radius 1 is 1.04 bits per heavy atom. The third-order valence-electron chi connectivity index (χ3n) is 3.58. The van der Waals surface area contributed by atoms with E-state index in [1.54, 1.807) is 6.21 Å². The SMILES string of the molecule is BrC(=C\c1ccccc1)/C=N/Nc1nnc2c(n1)[nH]c1ccccc12. The number of nitrogens with zero attached hydrogens (tertiary/aromatic N) is 4. The number of aromatic amines is 1. The zero-order valence-corrected chi connectivity index (χ0v) is 14.6. The Balaban J connectivity index is 1.52. The maximum atomic E-state index is 4.40. The van der Waals surface area contributed by atoms with Gasteiger partial charge in [-0.2, -0.15) is 10.1 Å². The van der Waals surface area contributed by atoms with Crippen LogP contribution in [0.5, 0.6) is 0 Å². The van der Waals surface area contributed by atoms with Gasteiger partial charge in [-0.1, -0.05) is 48.5 Å². The van der Waals surface area contributed by atoms with Crippen molar-refractivity contribution in [1.82, 2.24) is 20.2 Å². The van der Waals surface area contributed by atoms with Gasteiger partial charge in [0.15, 0.2) is 5.65 Å². The number of aromatic nitrogens is 4. The van der Waals surface area contributed by atoms with Crippen molar-refractivity contribution in [3.8, 4) is 0 Å². The molecule has 0 saturated carbocycles. The lowest BCUT2D eigenvalue weighted by atomic mass is 10.2. The van der Waals surface area contributed by atoms with Crippen LogP contribution in [0.4, 0.5) is 5.95 Å². The predicted octanol–water partition coefficient (Wildman–Crippen LogP) is 4.34. The maximum Gasteiger partial charge on any atom is 0.265 e. The van der Waals surface area contributed by atoms with Crippen molar-refractivity contribution < 1.29 is 0 Å². The monoisotopic (exact) mass is 392 g/mol. The van der Waals surface area contributed by atoms with E-state index in [2.05, 4.69) is 46.6 Å². The van der Waals surface area contributed by atoms with E-state index in [-0.39, 0.29) is 0 Å². The average molecular weight is 393 g/mol. The summed E-state index contributed by atoms with van der Waals surface area (Å²) in [5.41, 5.74) is 6.27. The lowest BCUT2D eigenvalue weighted by Crippen LogP contribution is -1.98. The molecule has 4 rings (SSSR count). The number of allylic oxidation sites excluding steroid dienone is 1. The molecule has 0 atom stereocenters. The van der Waals surface area contributed by atoms with E-state index in [0.717, 1.165) is 26.5 Å². The van der Waals surface area contributed by atoms with Crippen LogP contribution < -0.4 is 5.43 Å². The van der Waals surface area contributed by atoms with Crippen molar-refractivity contribution in [3.05, 3.63) is 64.6 Å². The van der Waals surface area contributed by atoms with E-state index in [0.29, 0.717) is 11.6 Å². The van der Waals surface area contributed by atoms with Crippen molar-refractivity contribution >= 4 is 56.2 Å². The van der Waals surface area contributed by atoms with Crippen molar-refractivity contribution in [2.24, 2.45) is 5.10 Å². The highest BCUT2D eigenvalue weighted by Gasteiger charge is 2.07. The summed E-state index contributed by atoms with van der Waals surface area (Å²) in [6, 6.07) is 17.9. The molecule has 0 radical (unpaired) electrons. The summed E-state index contributed by atoms with van der Waals surface area (Å²) in [7, 11) is 0. The van der Waals surface area contributed by atoms with E-state index < -0.39 is 0 Å². The number of halogens is 1. The number of hydrazone groups is 1. The minimum atomic E-state index is 0.329. The van der Waals surface area contributed by atoms with Gasteiger partial charge in [-0.25, -0.2) is 5.43 Å². The number of para-hydroxylation sites is 1. The smallest absolute Gasteiger partial charge is 0.265 e. The number of benzene rings is 2. The molecule has 122 valence electrons. The molecule has 0 unspecified atom stereocenters. The molecule has 25 heavy (non-hydrogen) atoms. The fourth-order valence-electron chi connectivity index (χ4n) is 2.47. The molecule has 0 bridgehead atoms. The number of anilines is 1. The Hall–Kier alpha value is -3.06. The van der Waals surface area contributed by atoms with E-state index in [1.165, 1.54) is 0 Å². The van der Waals surface area contributed by atoms with E-state index in [9.17, 15) is 0 Å². The molecule has 7 heteroatoms. The van der Waals surface area contributed by atoms with Gasteiger partial charge in [-0.3, -0.25) is 0 Å². The number of hydrogen-bond acceptors (Lipinski definition) is 5. The van der Waals surface area contributed by atoms with Crippen molar-refractivity contribution in [1.29, 1.82) is 0 Å². The summed E-state index contributed by atoms with van der Waals surface area (Å²) in [5, 5.41) is 13.4. The third kappa shape index (κ3) is 3.41. The number of nitrogens with one attached hydrogen (secondary N) is 2. The van der Waals surface area contributed by atoms with Crippen LogP contribution in [0.25, 0.3) is 28.1 Å². The Kier molecular flexibility index (Phi) is 4.22. The molecule has 0 aliphatic rings. The van der Waals surface area contributed by atoms with Crippen LogP contribution in [0.15, 0.2) is 64.2 Å². The van der Waals surface area contributed by atoms with Crippen LogP contribution in [-0.4, -0.2) is 26.4 Å². The van der Waals surface area contributed by atoms with Crippen LogP contribution in [0.2, 0.25) is 0 Å².